The molecule has 6 rings (SSSR count). The Bertz CT molecular complexity index is 1290. The fourth-order valence-corrected chi connectivity index (χ4v) is 7.40. The van der Waals surface area contributed by atoms with Crippen LogP contribution in [-0.4, -0.2) is 35.2 Å². The molecule has 3 heterocycles. The number of nitrogens with zero attached hydrogens (tertiary/aromatic N) is 1. The summed E-state index contributed by atoms with van der Waals surface area (Å²) >= 11 is 0. The predicted octanol–water partition coefficient (Wildman–Crippen LogP) is 6.41. The minimum atomic E-state index is -0.0564. The third kappa shape index (κ3) is 3.89. The first-order valence-corrected chi connectivity index (χ1v) is 13.0. The van der Waals surface area contributed by atoms with E-state index in [1.165, 1.54) is 28.5 Å². The van der Waals surface area contributed by atoms with Crippen molar-refractivity contribution < 1.29 is 14.3 Å². The highest BCUT2D eigenvalue weighted by Crippen LogP contribution is 2.53. The molecule has 2 bridgehead atoms. The molecule has 3 atom stereocenters. The van der Waals surface area contributed by atoms with E-state index in [4.69, 9.17) is 9.47 Å². The number of amides is 1. The number of fused-ring (bicyclic) bond motifs is 4. The Morgan fingerprint density at radius 2 is 1.97 bits per heavy atom. The molecule has 0 spiro atoms. The Morgan fingerprint density at radius 3 is 2.80 bits per heavy atom. The molecule has 35 heavy (non-hydrogen) atoms. The Labute approximate surface area is 207 Å². The number of hydrogen-bond donors (Lipinski definition) is 1. The van der Waals surface area contributed by atoms with E-state index in [0.29, 0.717) is 12.5 Å². The van der Waals surface area contributed by atoms with Gasteiger partial charge in [-0.3, -0.25) is 4.79 Å². The lowest BCUT2D eigenvalue weighted by Crippen LogP contribution is -2.38. The zero-order chi connectivity index (χ0) is 24.4. The van der Waals surface area contributed by atoms with Gasteiger partial charge < -0.3 is 19.4 Å². The molecule has 1 N–H and O–H groups in total. The van der Waals surface area contributed by atoms with Crippen LogP contribution in [0.15, 0.2) is 42.6 Å². The van der Waals surface area contributed by atoms with Crippen LogP contribution >= 0.6 is 0 Å². The number of rotatable bonds is 5. The lowest BCUT2D eigenvalue weighted by Gasteiger charge is -2.39. The lowest BCUT2D eigenvalue weighted by atomic mass is 9.65. The number of carbonyl (C=O) groups is 1. The van der Waals surface area contributed by atoms with Gasteiger partial charge in [0.15, 0.2) is 11.5 Å². The summed E-state index contributed by atoms with van der Waals surface area (Å²) in [5.74, 6) is 1.74. The van der Waals surface area contributed by atoms with Crippen molar-refractivity contribution >= 4 is 16.8 Å². The summed E-state index contributed by atoms with van der Waals surface area (Å²) in [6, 6.07) is 13.0. The lowest BCUT2D eigenvalue weighted by molar-refractivity contribution is -0.132. The molecule has 3 aliphatic rings. The number of benzene rings is 2. The maximum Gasteiger partial charge on any atom is 0.231 e. The van der Waals surface area contributed by atoms with Crippen LogP contribution in [0.25, 0.3) is 10.9 Å². The van der Waals surface area contributed by atoms with Crippen LogP contribution in [0.3, 0.4) is 0 Å². The van der Waals surface area contributed by atoms with Crippen LogP contribution in [0, 0.1) is 10.8 Å². The maximum atomic E-state index is 14.0. The number of nitrogens with one attached hydrogen (secondary N) is 1. The molecule has 1 aliphatic carbocycles. The number of likely N-dealkylation sites (tertiary alicyclic amines) is 1. The summed E-state index contributed by atoms with van der Waals surface area (Å²) in [6.07, 6.45) is 6.94. The average Bonchev–Trinajstić information content (AvgIpc) is 3.51. The monoisotopic (exact) mass is 472 g/mol. The van der Waals surface area contributed by atoms with Crippen molar-refractivity contribution in [2.45, 2.75) is 71.8 Å². The van der Waals surface area contributed by atoms with E-state index in [-0.39, 0.29) is 29.4 Å². The van der Waals surface area contributed by atoms with Gasteiger partial charge in [-0.2, -0.15) is 0 Å². The van der Waals surface area contributed by atoms with E-state index >= 15 is 0 Å². The van der Waals surface area contributed by atoms with Gasteiger partial charge in [-0.1, -0.05) is 52.0 Å². The Kier molecular flexibility index (Phi) is 5.17. The largest absolute Gasteiger partial charge is 0.454 e. The maximum absolute atomic E-state index is 14.0. The minimum Gasteiger partial charge on any atom is -0.454 e. The third-order valence-electron chi connectivity index (χ3n) is 8.50. The fourth-order valence-electron chi connectivity index (χ4n) is 7.40. The van der Waals surface area contributed by atoms with Crippen molar-refractivity contribution in [3.05, 3.63) is 59.3 Å². The first-order valence-electron chi connectivity index (χ1n) is 13.0. The second-order valence-electron chi connectivity index (χ2n) is 12.0. The van der Waals surface area contributed by atoms with E-state index in [1.807, 2.05) is 6.07 Å². The van der Waals surface area contributed by atoms with Crippen molar-refractivity contribution in [2.24, 2.45) is 10.8 Å². The molecule has 1 saturated heterocycles. The number of para-hydroxylation sites is 1. The molecule has 184 valence electrons. The third-order valence-corrected chi connectivity index (χ3v) is 8.50. The Balaban J connectivity index is 1.38. The molecule has 5 heteroatoms. The molecule has 2 aromatic carbocycles. The molecule has 2 fully saturated rings. The quantitative estimate of drug-likeness (QED) is 0.467. The molecular formula is C30H36N2O3. The van der Waals surface area contributed by atoms with Crippen molar-refractivity contribution in [3.8, 4) is 11.5 Å². The summed E-state index contributed by atoms with van der Waals surface area (Å²) in [6.45, 7) is 10.4. The van der Waals surface area contributed by atoms with E-state index in [0.717, 1.165) is 42.9 Å². The molecule has 3 aromatic rings. The standard InChI is InChI=1S/C30H36N2O3/c1-5-19-7-6-8-22-24(15-31-28(19)22)23(20-9-10-25-26(11-20)35-18-34-25)12-27(33)32-17-30(4)14-21(32)13-29(2,3)16-30/h6-11,15,21,23,31H,5,12-14,16-18H2,1-4H3. The topological polar surface area (TPSA) is 54.6 Å². The van der Waals surface area contributed by atoms with Crippen LogP contribution in [0.1, 0.15) is 76.0 Å². The number of carbonyl (C=O) groups excluding carboxylic acids is 1. The highest BCUT2D eigenvalue weighted by Gasteiger charge is 2.51. The van der Waals surface area contributed by atoms with Crippen LogP contribution in [0.5, 0.6) is 11.5 Å². The van der Waals surface area contributed by atoms with Crippen molar-refractivity contribution in [3.63, 3.8) is 0 Å². The summed E-state index contributed by atoms with van der Waals surface area (Å²) < 4.78 is 11.3. The van der Waals surface area contributed by atoms with Gasteiger partial charge in [0.1, 0.15) is 0 Å². The van der Waals surface area contributed by atoms with E-state index in [2.05, 4.69) is 74.1 Å². The van der Waals surface area contributed by atoms with Crippen LogP contribution in [-0.2, 0) is 11.2 Å². The van der Waals surface area contributed by atoms with Gasteiger partial charge in [-0.05, 0) is 65.3 Å². The smallest absolute Gasteiger partial charge is 0.231 e. The Morgan fingerprint density at radius 1 is 1.14 bits per heavy atom. The Hall–Kier alpha value is -2.95. The molecule has 0 radical (unpaired) electrons. The number of aromatic amines is 1. The summed E-state index contributed by atoms with van der Waals surface area (Å²) in [5, 5.41) is 1.20. The molecule has 1 amide bonds. The van der Waals surface area contributed by atoms with Crippen molar-refractivity contribution in [2.75, 3.05) is 13.3 Å². The second kappa shape index (κ2) is 8.04. The van der Waals surface area contributed by atoms with E-state index in [1.54, 1.807) is 0 Å². The first-order chi connectivity index (χ1) is 16.8. The number of hydrogen-bond acceptors (Lipinski definition) is 3. The molecule has 2 aliphatic heterocycles. The molecular weight excluding hydrogens is 436 g/mol. The van der Waals surface area contributed by atoms with Gasteiger partial charge >= 0.3 is 0 Å². The highest BCUT2D eigenvalue weighted by molar-refractivity contribution is 5.88. The average molecular weight is 473 g/mol. The van der Waals surface area contributed by atoms with E-state index in [9.17, 15) is 4.79 Å². The van der Waals surface area contributed by atoms with E-state index < -0.39 is 0 Å². The van der Waals surface area contributed by atoms with Crippen molar-refractivity contribution in [1.82, 2.24) is 9.88 Å². The molecule has 3 unspecified atom stereocenters. The number of aryl methyl sites for hydroxylation is 1. The fraction of sp³-hybridized carbons (Fsp3) is 0.500. The zero-order valence-corrected chi connectivity index (χ0v) is 21.3. The SMILES string of the molecule is CCc1cccc2c(C(CC(=O)N3CC4(C)CC3CC(C)(C)C4)c3ccc4c(c3)OCO4)c[nH]c12. The van der Waals surface area contributed by atoms with Crippen molar-refractivity contribution in [1.29, 1.82) is 0 Å². The summed E-state index contributed by atoms with van der Waals surface area (Å²) in [4.78, 5) is 19.7. The predicted molar refractivity (Wildman–Crippen MR) is 138 cm³/mol. The van der Waals surface area contributed by atoms with Gasteiger partial charge in [0.05, 0.1) is 0 Å². The molecule has 1 saturated carbocycles. The number of H-pyrrole nitrogens is 1. The van der Waals surface area contributed by atoms with Crippen LogP contribution < -0.4 is 9.47 Å². The normalized spacial score (nSPS) is 25.3. The highest BCUT2D eigenvalue weighted by atomic mass is 16.7. The zero-order valence-electron chi connectivity index (χ0n) is 21.3. The van der Waals surface area contributed by atoms with Crippen LogP contribution in [0.4, 0.5) is 0 Å². The summed E-state index contributed by atoms with van der Waals surface area (Å²) in [7, 11) is 0. The van der Waals surface area contributed by atoms with Gasteiger partial charge in [0.2, 0.25) is 12.7 Å². The van der Waals surface area contributed by atoms with Gasteiger partial charge in [-0.25, -0.2) is 0 Å². The van der Waals surface area contributed by atoms with Gasteiger partial charge in [0.25, 0.3) is 0 Å². The first kappa shape index (κ1) is 22.5. The molecule has 1 aromatic heterocycles. The number of aromatic nitrogens is 1. The van der Waals surface area contributed by atoms with Gasteiger partial charge in [0, 0.05) is 42.0 Å². The minimum absolute atomic E-state index is 0.0564. The second-order valence-corrected chi connectivity index (χ2v) is 12.0. The molecule has 5 nitrogen and oxygen atoms in total. The summed E-state index contributed by atoms with van der Waals surface area (Å²) in [5.41, 5.74) is 5.27. The van der Waals surface area contributed by atoms with Gasteiger partial charge in [-0.15, -0.1) is 0 Å². The number of ether oxygens (including phenoxy) is 2. The van der Waals surface area contributed by atoms with Crippen LogP contribution in [0.2, 0.25) is 0 Å².